The molecule has 16 heavy (non-hydrogen) atoms. The first-order valence-corrected chi connectivity index (χ1v) is 6.52. The van der Waals surface area contributed by atoms with E-state index in [1.54, 1.807) is 6.92 Å². The molecule has 92 valence electrons. The van der Waals surface area contributed by atoms with E-state index in [2.05, 4.69) is 21.2 Å². The second-order valence-corrected chi connectivity index (χ2v) is 5.54. The zero-order valence-electron chi connectivity index (χ0n) is 8.94. The van der Waals surface area contributed by atoms with E-state index in [1.165, 1.54) is 11.3 Å². The van der Waals surface area contributed by atoms with Crippen molar-refractivity contribution >= 4 is 27.3 Å². The topological polar surface area (TPSA) is 12.0 Å². The fourth-order valence-electron chi connectivity index (χ4n) is 1.52. The summed E-state index contributed by atoms with van der Waals surface area (Å²) in [4.78, 5) is 1.02. The number of hydrogen-bond donors (Lipinski definition) is 1. The van der Waals surface area contributed by atoms with E-state index >= 15 is 0 Å². The summed E-state index contributed by atoms with van der Waals surface area (Å²) in [6.45, 7) is 3.41. The smallest absolute Gasteiger partial charge is 0.307 e. The van der Waals surface area contributed by atoms with Crippen LogP contribution in [0.25, 0.3) is 0 Å². The molecule has 0 aliphatic heterocycles. The summed E-state index contributed by atoms with van der Waals surface area (Å²) in [5.41, 5.74) is 0. The second-order valence-electron chi connectivity index (χ2n) is 3.74. The van der Waals surface area contributed by atoms with Crippen LogP contribution >= 0.6 is 27.3 Å². The molecule has 2 unspecified atom stereocenters. The summed E-state index contributed by atoms with van der Waals surface area (Å²) in [6, 6.07) is 1.24. The SMILES string of the molecule is CC(CC(F)(F)F)NC(C)c1sccc1Br. The van der Waals surface area contributed by atoms with Gasteiger partial charge >= 0.3 is 6.18 Å². The molecule has 0 saturated heterocycles. The first-order chi connectivity index (χ1) is 7.29. The average Bonchev–Trinajstić information content (AvgIpc) is 2.47. The largest absolute Gasteiger partial charge is 0.390 e. The molecule has 0 aliphatic carbocycles. The lowest BCUT2D eigenvalue weighted by Crippen LogP contribution is -2.32. The zero-order chi connectivity index (χ0) is 12.3. The van der Waals surface area contributed by atoms with Crippen LogP contribution in [0, 0.1) is 0 Å². The lowest BCUT2D eigenvalue weighted by atomic mass is 10.2. The van der Waals surface area contributed by atoms with Gasteiger partial charge in [0.2, 0.25) is 0 Å². The van der Waals surface area contributed by atoms with Gasteiger partial charge in [0.05, 0.1) is 6.42 Å². The van der Waals surface area contributed by atoms with E-state index in [0.717, 1.165) is 9.35 Å². The third-order valence-electron chi connectivity index (χ3n) is 2.11. The van der Waals surface area contributed by atoms with Crippen LogP contribution in [0.2, 0.25) is 0 Å². The van der Waals surface area contributed by atoms with Crippen LogP contribution in [0.3, 0.4) is 0 Å². The number of hydrogen-bond acceptors (Lipinski definition) is 2. The van der Waals surface area contributed by atoms with Gasteiger partial charge in [0.15, 0.2) is 0 Å². The van der Waals surface area contributed by atoms with Crippen LogP contribution in [0.5, 0.6) is 0 Å². The Morgan fingerprint density at radius 2 is 2.06 bits per heavy atom. The minimum atomic E-state index is -4.11. The number of halogens is 4. The van der Waals surface area contributed by atoms with Crippen molar-refractivity contribution < 1.29 is 13.2 Å². The van der Waals surface area contributed by atoms with Crippen LogP contribution in [-0.2, 0) is 0 Å². The van der Waals surface area contributed by atoms with Gasteiger partial charge in [0.25, 0.3) is 0 Å². The average molecular weight is 316 g/mol. The Hall–Kier alpha value is -0.0700. The Bertz CT molecular complexity index is 337. The van der Waals surface area contributed by atoms with Gasteiger partial charge in [-0.2, -0.15) is 13.2 Å². The molecular formula is C10H13BrF3NS. The highest BCUT2D eigenvalue weighted by molar-refractivity contribution is 9.10. The van der Waals surface area contributed by atoms with Crippen molar-refractivity contribution in [3.63, 3.8) is 0 Å². The summed E-state index contributed by atoms with van der Waals surface area (Å²) in [5, 5.41) is 4.85. The van der Waals surface area contributed by atoms with Crippen molar-refractivity contribution in [2.75, 3.05) is 0 Å². The second kappa shape index (κ2) is 5.51. The minimum absolute atomic E-state index is 0.0771. The summed E-state index contributed by atoms with van der Waals surface area (Å²) in [7, 11) is 0. The molecule has 0 radical (unpaired) electrons. The van der Waals surface area contributed by atoms with Gasteiger partial charge in [-0.05, 0) is 41.2 Å². The predicted octanol–water partition coefficient (Wildman–Crippen LogP) is 4.50. The Labute approximate surface area is 105 Å². The maximum Gasteiger partial charge on any atom is 0.390 e. The van der Waals surface area contributed by atoms with Crippen LogP contribution in [0.4, 0.5) is 13.2 Å². The summed E-state index contributed by atoms with van der Waals surface area (Å²) < 4.78 is 37.3. The molecule has 0 aliphatic rings. The molecule has 0 fully saturated rings. The molecule has 0 saturated carbocycles. The van der Waals surface area contributed by atoms with Crippen molar-refractivity contribution in [1.82, 2.24) is 5.32 Å². The molecule has 1 aromatic rings. The lowest BCUT2D eigenvalue weighted by Gasteiger charge is -2.20. The van der Waals surface area contributed by atoms with Gasteiger partial charge in [-0.15, -0.1) is 11.3 Å². The first kappa shape index (κ1) is 14.0. The van der Waals surface area contributed by atoms with Gasteiger partial charge < -0.3 is 5.32 Å². The normalized spacial score (nSPS) is 16.1. The van der Waals surface area contributed by atoms with Gasteiger partial charge in [-0.1, -0.05) is 0 Å². The van der Waals surface area contributed by atoms with E-state index in [4.69, 9.17) is 0 Å². The fourth-order valence-corrected chi connectivity index (χ4v) is 3.26. The maximum absolute atomic E-state index is 12.1. The maximum atomic E-state index is 12.1. The number of thiophene rings is 1. The minimum Gasteiger partial charge on any atom is -0.307 e. The molecule has 0 spiro atoms. The van der Waals surface area contributed by atoms with Gasteiger partial charge in [-0.25, -0.2) is 0 Å². The summed E-state index contributed by atoms with van der Waals surface area (Å²) in [5.74, 6) is 0. The van der Waals surface area contributed by atoms with E-state index in [1.807, 2.05) is 18.4 Å². The molecule has 1 heterocycles. The Kier molecular flexibility index (Phi) is 4.82. The first-order valence-electron chi connectivity index (χ1n) is 4.85. The van der Waals surface area contributed by atoms with Gasteiger partial charge in [-0.3, -0.25) is 0 Å². The molecule has 2 atom stereocenters. The summed E-state index contributed by atoms with van der Waals surface area (Å²) in [6.07, 6.45) is -4.92. The Balaban J connectivity index is 2.52. The van der Waals surface area contributed by atoms with E-state index < -0.39 is 18.6 Å². The predicted molar refractivity (Wildman–Crippen MR) is 63.7 cm³/mol. The third kappa shape index (κ3) is 4.43. The van der Waals surface area contributed by atoms with Crippen LogP contribution in [0.1, 0.15) is 31.2 Å². The van der Waals surface area contributed by atoms with Crippen LogP contribution < -0.4 is 5.32 Å². The summed E-state index contributed by atoms with van der Waals surface area (Å²) >= 11 is 4.89. The molecule has 1 N–H and O–H groups in total. The van der Waals surface area contributed by atoms with Crippen LogP contribution in [0.15, 0.2) is 15.9 Å². The van der Waals surface area contributed by atoms with Gasteiger partial charge in [0.1, 0.15) is 0 Å². The monoisotopic (exact) mass is 315 g/mol. The molecule has 0 amide bonds. The molecule has 6 heteroatoms. The Morgan fingerprint density at radius 3 is 2.50 bits per heavy atom. The lowest BCUT2D eigenvalue weighted by molar-refractivity contribution is -0.139. The standard InChI is InChI=1S/C10H13BrF3NS/c1-6(5-10(12,13)14)15-7(2)9-8(11)3-4-16-9/h3-4,6-7,15H,5H2,1-2H3. The molecular weight excluding hydrogens is 303 g/mol. The highest BCUT2D eigenvalue weighted by Gasteiger charge is 2.30. The zero-order valence-corrected chi connectivity index (χ0v) is 11.3. The molecule has 1 aromatic heterocycles. The van der Waals surface area contributed by atoms with Crippen molar-refractivity contribution in [3.8, 4) is 0 Å². The molecule has 0 aromatic carbocycles. The highest BCUT2D eigenvalue weighted by atomic mass is 79.9. The number of rotatable bonds is 4. The van der Waals surface area contributed by atoms with Crippen molar-refractivity contribution in [2.24, 2.45) is 0 Å². The Morgan fingerprint density at radius 1 is 1.44 bits per heavy atom. The fraction of sp³-hybridized carbons (Fsp3) is 0.600. The van der Waals surface area contributed by atoms with Crippen molar-refractivity contribution in [3.05, 3.63) is 20.8 Å². The van der Waals surface area contributed by atoms with Crippen molar-refractivity contribution in [1.29, 1.82) is 0 Å². The number of alkyl halides is 3. The molecule has 1 nitrogen and oxygen atoms in total. The van der Waals surface area contributed by atoms with Gasteiger partial charge in [0, 0.05) is 21.4 Å². The van der Waals surface area contributed by atoms with E-state index in [9.17, 15) is 13.2 Å². The van der Waals surface area contributed by atoms with Crippen LogP contribution in [-0.4, -0.2) is 12.2 Å². The number of nitrogens with one attached hydrogen (secondary N) is 1. The highest BCUT2D eigenvalue weighted by Crippen LogP contribution is 2.30. The van der Waals surface area contributed by atoms with Crippen molar-refractivity contribution in [2.45, 2.75) is 38.5 Å². The molecule has 0 bridgehead atoms. The van der Waals surface area contributed by atoms with E-state index in [-0.39, 0.29) is 6.04 Å². The van der Waals surface area contributed by atoms with E-state index in [0.29, 0.717) is 0 Å². The third-order valence-corrected chi connectivity index (χ3v) is 4.16. The quantitative estimate of drug-likeness (QED) is 0.862. The molecule has 1 rings (SSSR count).